The molecule has 0 bridgehead atoms. The molecule has 0 amide bonds. The molecular weight excluding hydrogens is 560 g/mol. The van der Waals surface area contributed by atoms with Gasteiger partial charge >= 0.3 is 0 Å². The highest BCUT2D eigenvalue weighted by Crippen LogP contribution is 2.38. The maximum Gasteiger partial charge on any atom is 0.169 e. The summed E-state index contributed by atoms with van der Waals surface area (Å²) >= 11 is 0. The number of ether oxygens (including phenoxy) is 5. The third-order valence-corrected chi connectivity index (χ3v) is 7.89. The van der Waals surface area contributed by atoms with Crippen LogP contribution in [0.15, 0.2) is 66.9 Å². The molecule has 1 aromatic heterocycles. The fourth-order valence-electron chi connectivity index (χ4n) is 5.35. The number of nitriles is 1. The van der Waals surface area contributed by atoms with Crippen LogP contribution in [-0.4, -0.2) is 74.3 Å². The Balaban J connectivity index is 1.29. The Bertz CT molecular complexity index is 1620. The summed E-state index contributed by atoms with van der Waals surface area (Å²) in [6, 6.07) is 20.7. The van der Waals surface area contributed by atoms with Gasteiger partial charge in [0.25, 0.3) is 0 Å². The quantitative estimate of drug-likeness (QED) is 0.191. The number of likely N-dealkylation sites (N-methyl/N-ethyl adjacent to an activating group) is 1. The number of aromatic nitrogens is 1. The van der Waals surface area contributed by atoms with Crippen molar-refractivity contribution in [2.45, 2.75) is 31.4 Å². The predicted molar refractivity (Wildman–Crippen MR) is 168 cm³/mol. The van der Waals surface area contributed by atoms with Gasteiger partial charge in [-0.3, -0.25) is 9.88 Å². The Morgan fingerprint density at radius 1 is 1.07 bits per heavy atom. The van der Waals surface area contributed by atoms with Crippen molar-refractivity contribution >= 4 is 22.3 Å². The van der Waals surface area contributed by atoms with Crippen molar-refractivity contribution < 1.29 is 28.8 Å². The summed E-state index contributed by atoms with van der Waals surface area (Å²) in [5.74, 6) is 3.01. The number of hydrogen-bond acceptors (Lipinski definition) is 10. The minimum absolute atomic E-state index is 0.0630. The van der Waals surface area contributed by atoms with Crippen molar-refractivity contribution in [1.82, 2.24) is 9.88 Å². The van der Waals surface area contributed by atoms with Gasteiger partial charge in [0.05, 0.1) is 55.8 Å². The van der Waals surface area contributed by atoms with E-state index in [1.54, 1.807) is 20.4 Å². The first-order chi connectivity index (χ1) is 21.3. The molecule has 2 N–H and O–H groups in total. The SMILES string of the molecule is COc1cc2c(Nc3ccc(Oc4ccccc4OC)cc3)c(C#N)cnc2cc1OCCCN(C)C1COCC[C@]1(C)O. The standard InChI is InChI=1S/C34H38N4O6/c1-34(39)14-17-42-22-32(34)38(2)15-7-16-43-31-19-27-26(18-30(31)41-4)33(23(20-35)21-36-27)37-24-10-12-25(13-11-24)44-29-9-6-5-8-28(29)40-3/h5-6,8-13,18-19,21,32,39H,7,14-17,22H2,1-4H3,(H,36,37)/t32?,34-/m0/s1. The van der Waals surface area contributed by atoms with Crippen LogP contribution in [0.2, 0.25) is 0 Å². The number of nitrogens with zero attached hydrogens (tertiary/aromatic N) is 3. The molecule has 0 saturated carbocycles. The number of aliphatic hydroxyl groups is 1. The summed E-state index contributed by atoms with van der Waals surface area (Å²) < 4.78 is 28.8. The molecule has 0 aliphatic carbocycles. The van der Waals surface area contributed by atoms with Crippen molar-refractivity contribution in [3.05, 3.63) is 72.4 Å². The van der Waals surface area contributed by atoms with Gasteiger partial charge in [0.15, 0.2) is 23.0 Å². The van der Waals surface area contributed by atoms with Crippen LogP contribution >= 0.6 is 0 Å². The third kappa shape index (κ3) is 6.97. The smallest absolute Gasteiger partial charge is 0.169 e. The minimum atomic E-state index is -0.777. The first-order valence-electron chi connectivity index (χ1n) is 14.5. The lowest BCUT2D eigenvalue weighted by molar-refractivity contribution is -0.114. The number of hydrogen-bond donors (Lipinski definition) is 2. The Morgan fingerprint density at radius 2 is 1.82 bits per heavy atom. The average Bonchev–Trinajstić information content (AvgIpc) is 3.03. The van der Waals surface area contributed by atoms with Crippen molar-refractivity contribution in [2.75, 3.05) is 52.9 Å². The minimum Gasteiger partial charge on any atom is -0.493 e. The molecule has 1 saturated heterocycles. The summed E-state index contributed by atoms with van der Waals surface area (Å²) in [7, 11) is 5.19. The lowest BCUT2D eigenvalue weighted by Gasteiger charge is -2.42. The number of rotatable bonds is 12. The number of anilines is 2. The molecule has 2 atom stereocenters. The van der Waals surface area contributed by atoms with Crippen molar-refractivity contribution in [3.8, 4) is 34.8 Å². The van der Waals surface area contributed by atoms with E-state index >= 15 is 0 Å². The highest BCUT2D eigenvalue weighted by Gasteiger charge is 2.37. The van der Waals surface area contributed by atoms with Crippen LogP contribution in [0.1, 0.15) is 25.3 Å². The van der Waals surface area contributed by atoms with Gasteiger partial charge < -0.3 is 34.1 Å². The highest BCUT2D eigenvalue weighted by atomic mass is 16.5. The van der Waals surface area contributed by atoms with E-state index in [1.807, 2.05) is 74.6 Å². The lowest BCUT2D eigenvalue weighted by Crippen LogP contribution is -2.55. The van der Waals surface area contributed by atoms with E-state index in [9.17, 15) is 10.4 Å². The molecule has 1 unspecified atom stereocenters. The Kier molecular flexibility index (Phi) is 9.70. The van der Waals surface area contributed by atoms with Crippen LogP contribution in [0.5, 0.6) is 28.7 Å². The van der Waals surface area contributed by atoms with E-state index in [0.29, 0.717) is 71.8 Å². The first kappa shape index (κ1) is 30.9. The molecule has 1 aliphatic heterocycles. The molecule has 4 aromatic rings. The Hall–Kier alpha value is -4.56. The van der Waals surface area contributed by atoms with Crippen LogP contribution in [0.4, 0.5) is 11.4 Å². The molecular formula is C34H38N4O6. The number of methoxy groups -OCH3 is 2. The third-order valence-electron chi connectivity index (χ3n) is 7.89. The van der Waals surface area contributed by atoms with Crippen LogP contribution < -0.4 is 24.3 Å². The molecule has 230 valence electrons. The molecule has 0 radical (unpaired) electrons. The zero-order chi connectivity index (χ0) is 31.1. The highest BCUT2D eigenvalue weighted by molar-refractivity contribution is 5.97. The molecule has 10 nitrogen and oxygen atoms in total. The molecule has 1 fully saturated rings. The summed E-state index contributed by atoms with van der Waals surface area (Å²) in [5, 5.41) is 24.7. The van der Waals surface area contributed by atoms with E-state index in [4.69, 9.17) is 23.7 Å². The fraction of sp³-hybridized carbons (Fsp3) is 0.353. The average molecular weight is 599 g/mol. The van der Waals surface area contributed by atoms with Crippen LogP contribution in [0, 0.1) is 11.3 Å². The number of pyridine rings is 1. The maximum absolute atomic E-state index is 10.7. The monoisotopic (exact) mass is 598 g/mol. The van der Waals surface area contributed by atoms with Crippen LogP contribution in [0.25, 0.3) is 10.9 Å². The first-order valence-corrected chi connectivity index (χ1v) is 14.5. The van der Waals surface area contributed by atoms with Crippen molar-refractivity contribution in [3.63, 3.8) is 0 Å². The number of para-hydroxylation sites is 2. The number of nitrogens with one attached hydrogen (secondary N) is 1. The van der Waals surface area contributed by atoms with Gasteiger partial charge in [0.1, 0.15) is 11.8 Å². The van der Waals surface area contributed by atoms with E-state index in [1.165, 1.54) is 0 Å². The van der Waals surface area contributed by atoms with Gasteiger partial charge in [-0.25, -0.2) is 0 Å². The van der Waals surface area contributed by atoms with Crippen LogP contribution in [0.3, 0.4) is 0 Å². The van der Waals surface area contributed by atoms with Gasteiger partial charge in [0, 0.05) is 42.9 Å². The molecule has 44 heavy (non-hydrogen) atoms. The van der Waals surface area contributed by atoms with Gasteiger partial charge in [-0.2, -0.15) is 5.26 Å². The summed E-state index contributed by atoms with van der Waals surface area (Å²) in [6.07, 6.45) is 2.91. The topological polar surface area (TPSA) is 118 Å². The predicted octanol–water partition coefficient (Wildman–Crippen LogP) is 5.90. The van der Waals surface area contributed by atoms with Gasteiger partial charge in [-0.15, -0.1) is 0 Å². The zero-order valence-electron chi connectivity index (χ0n) is 25.5. The lowest BCUT2D eigenvalue weighted by atomic mass is 9.90. The van der Waals surface area contributed by atoms with Crippen molar-refractivity contribution in [1.29, 1.82) is 5.26 Å². The molecule has 0 spiro atoms. The summed E-state index contributed by atoms with van der Waals surface area (Å²) in [4.78, 5) is 6.65. The Labute approximate surface area is 257 Å². The zero-order valence-corrected chi connectivity index (χ0v) is 25.5. The molecule has 1 aliphatic rings. The number of fused-ring (bicyclic) bond motifs is 1. The maximum atomic E-state index is 10.7. The normalized spacial score (nSPS) is 18.1. The second-order valence-electron chi connectivity index (χ2n) is 11.0. The van der Waals surface area contributed by atoms with Gasteiger partial charge in [-0.05, 0) is 62.9 Å². The van der Waals surface area contributed by atoms with E-state index in [0.717, 1.165) is 24.0 Å². The van der Waals surface area contributed by atoms with E-state index in [2.05, 4.69) is 21.3 Å². The van der Waals surface area contributed by atoms with Gasteiger partial charge in [-0.1, -0.05) is 12.1 Å². The second-order valence-corrected chi connectivity index (χ2v) is 11.0. The van der Waals surface area contributed by atoms with Gasteiger partial charge in [0.2, 0.25) is 0 Å². The van der Waals surface area contributed by atoms with Crippen LogP contribution in [-0.2, 0) is 4.74 Å². The molecule has 2 heterocycles. The van der Waals surface area contributed by atoms with Crippen molar-refractivity contribution in [2.24, 2.45) is 0 Å². The number of benzene rings is 3. The van der Waals surface area contributed by atoms with E-state index in [-0.39, 0.29) is 6.04 Å². The fourth-order valence-corrected chi connectivity index (χ4v) is 5.35. The van der Waals surface area contributed by atoms with E-state index < -0.39 is 5.60 Å². The Morgan fingerprint density at radius 3 is 2.52 bits per heavy atom. The molecule has 3 aromatic carbocycles. The summed E-state index contributed by atoms with van der Waals surface area (Å²) in [6.45, 7) is 4.15. The molecule has 5 rings (SSSR count). The second kappa shape index (κ2) is 13.8. The summed E-state index contributed by atoms with van der Waals surface area (Å²) in [5.41, 5.74) is 1.66. The largest absolute Gasteiger partial charge is 0.493 e. The molecule has 10 heteroatoms.